The Morgan fingerprint density at radius 1 is 0.324 bits per heavy atom. The first kappa shape index (κ1) is 72.9. The van der Waals surface area contributed by atoms with Crippen molar-refractivity contribution in [3.05, 3.63) is 0 Å². The number of aliphatic hydroxyl groups excluding tert-OH is 2. The SMILES string of the molecule is CCCCCCCCCCCCCCCCCCC(=O)OCCCCCCCCCCCCCCCCCCCCCCCCCCCCCCC(=O)NC(CO)C(O)CCCCCCCCCCCCCCC. The van der Waals surface area contributed by atoms with Gasteiger partial charge in [-0.25, -0.2) is 0 Å². The van der Waals surface area contributed by atoms with E-state index in [0.29, 0.717) is 25.9 Å². The summed E-state index contributed by atoms with van der Waals surface area (Å²) in [6.07, 6.45) is 77.2. The van der Waals surface area contributed by atoms with Crippen LogP contribution in [0.25, 0.3) is 0 Å². The number of esters is 1. The minimum atomic E-state index is -0.660. The smallest absolute Gasteiger partial charge is 0.305 e. The van der Waals surface area contributed by atoms with Crippen LogP contribution < -0.4 is 5.32 Å². The van der Waals surface area contributed by atoms with Gasteiger partial charge in [-0.1, -0.05) is 361 Å². The van der Waals surface area contributed by atoms with Crippen LogP contribution in [-0.4, -0.2) is 47.4 Å². The van der Waals surface area contributed by atoms with Crippen molar-refractivity contribution < 1.29 is 24.5 Å². The van der Waals surface area contributed by atoms with E-state index < -0.39 is 12.1 Å². The number of rotatable bonds is 65. The summed E-state index contributed by atoms with van der Waals surface area (Å²) in [5, 5.41) is 23.3. The number of ether oxygens (including phenoxy) is 1. The Morgan fingerprint density at radius 2 is 0.554 bits per heavy atom. The van der Waals surface area contributed by atoms with Crippen molar-refractivity contribution in [3.8, 4) is 0 Å². The summed E-state index contributed by atoms with van der Waals surface area (Å²) in [6, 6.07) is -0.537. The molecule has 6 heteroatoms. The van der Waals surface area contributed by atoms with Crippen LogP contribution in [0.2, 0.25) is 0 Å². The summed E-state index contributed by atoms with van der Waals surface area (Å²) < 4.78 is 5.50. The van der Waals surface area contributed by atoms with Gasteiger partial charge in [-0.3, -0.25) is 9.59 Å². The monoisotopic (exact) mass is 1050 g/mol. The fourth-order valence-corrected chi connectivity index (χ4v) is 11.2. The molecule has 0 aliphatic rings. The number of carbonyl (C=O) groups is 2. The molecule has 0 heterocycles. The van der Waals surface area contributed by atoms with Gasteiger partial charge in [0.25, 0.3) is 0 Å². The van der Waals surface area contributed by atoms with Crippen LogP contribution in [0, 0.1) is 0 Å². The molecule has 0 aliphatic heterocycles. The predicted molar refractivity (Wildman–Crippen MR) is 324 cm³/mol. The molecule has 0 bridgehead atoms. The van der Waals surface area contributed by atoms with Gasteiger partial charge in [-0.15, -0.1) is 0 Å². The average molecular weight is 1050 g/mol. The summed E-state index contributed by atoms with van der Waals surface area (Å²) >= 11 is 0. The third-order valence-electron chi connectivity index (χ3n) is 16.4. The standard InChI is InChI=1S/C68H135NO5/c1-3-5-7-9-11-13-15-17-18-34-38-42-46-50-54-58-62-68(73)74-63-59-55-51-47-43-39-35-32-30-28-26-24-22-20-19-21-23-25-27-29-31-33-37-41-45-49-53-57-61-67(72)69-65(64-70)66(71)60-56-52-48-44-40-36-16-14-12-10-8-6-4-2/h65-66,70-71H,3-64H2,1-2H3,(H,69,72). The summed E-state index contributed by atoms with van der Waals surface area (Å²) in [6.45, 7) is 4.99. The van der Waals surface area contributed by atoms with Gasteiger partial charge in [0, 0.05) is 12.8 Å². The number of hydrogen-bond donors (Lipinski definition) is 3. The van der Waals surface area contributed by atoms with Crippen LogP contribution in [0.3, 0.4) is 0 Å². The van der Waals surface area contributed by atoms with Gasteiger partial charge < -0.3 is 20.3 Å². The number of aliphatic hydroxyl groups is 2. The van der Waals surface area contributed by atoms with Crippen molar-refractivity contribution in [2.24, 2.45) is 0 Å². The normalized spacial score (nSPS) is 12.4. The fourth-order valence-electron chi connectivity index (χ4n) is 11.2. The van der Waals surface area contributed by atoms with Gasteiger partial charge >= 0.3 is 5.97 Å². The summed E-state index contributed by atoms with van der Waals surface area (Å²) in [5.74, 6) is -0.00570. The number of nitrogens with one attached hydrogen (secondary N) is 1. The van der Waals surface area contributed by atoms with Crippen LogP contribution in [-0.2, 0) is 14.3 Å². The van der Waals surface area contributed by atoms with Gasteiger partial charge in [0.15, 0.2) is 0 Å². The van der Waals surface area contributed by atoms with E-state index in [9.17, 15) is 19.8 Å². The first-order valence-corrected chi connectivity index (χ1v) is 34.3. The van der Waals surface area contributed by atoms with Gasteiger partial charge in [0.2, 0.25) is 5.91 Å². The molecular weight excluding hydrogens is 911 g/mol. The van der Waals surface area contributed by atoms with Crippen molar-refractivity contribution >= 4 is 11.9 Å². The molecule has 0 saturated heterocycles. The molecule has 1 amide bonds. The highest BCUT2D eigenvalue weighted by molar-refractivity contribution is 5.76. The van der Waals surface area contributed by atoms with Crippen molar-refractivity contribution in [3.63, 3.8) is 0 Å². The molecule has 0 radical (unpaired) electrons. The first-order chi connectivity index (χ1) is 36.5. The van der Waals surface area contributed by atoms with Gasteiger partial charge in [-0.2, -0.15) is 0 Å². The summed E-state index contributed by atoms with van der Waals surface area (Å²) in [4.78, 5) is 24.6. The topological polar surface area (TPSA) is 95.9 Å². The van der Waals surface area contributed by atoms with Crippen molar-refractivity contribution in [2.45, 2.75) is 411 Å². The molecule has 0 rings (SSSR count). The van der Waals surface area contributed by atoms with Crippen LogP contribution in [0.5, 0.6) is 0 Å². The van der Waals surface area contributed by atoms with Crippen LogP contribution >= 0.6 is 0 Å². The van der Waals surface area contributed by atoms with E-state index in [2.05, 4.69) is 19.2 Å². The molecule has 3 N–H and O–H groups in total. The fraction of sp³-hybridized carbons (Fsp3) is 0.971. The van der Waals surface area contributed by atoms with E-state index in [1.54, 1.807) is 0 Å². The second-order valence-electron chi connectivity index (χ2n) is 23.9. The zero-order chi connectivity index (χ0) is 53.6. The molecule has 74 heavy (non-hydrogen) atoms. The molecule has 442 valence electrons. The highest BCUT2D eigenvalue weighted by Gasteiger charge is 2.20. The van der Waals surface area contributed by atoms with Crippen LogP contribution in [0.1, 0.15) is 399 Å². The number of amides is 1. The lowest BCUT2D eigenvalue weighted by molar-refractivity contribution is -0.143. The molecule has 6 nitrogen and oxygen atoms in total. The average Bonchev–Trinajstić information content (AvgIpc) is 3.40. The van der Waals surface area contributed by atoms with Gasteiger partial charge in [0.1, 0.15) is 0 Å². The Labute approximate surface area is 464 Å². The van der Waals surface area contributed by atoms with Gasteiger partial charge in [-0.05, 0) is 25.7 Å². The van der Waals surface area contributed by atoms with E-state index in [0.717, 1.165) is 38.5 Å². The number of carbonyl (C=O) groups excluding carboxylic acids is 2. The van der Waals surface area contributed by atoms with Crippen molar-refractivity contribution in [1.29, 1.82) is 0 Å². The zero-order valence-electron chi connectivity index (χ0n) is 50.6. The lowest BCUT2D eigenvalue weighted by Crippen LogP contribution is -2.45. The molecule has 0 aromatic rings. The van der Waals surface area contributed by atoms with Gasteiger partial charge in [0.05, 0.1) is 25.4 Å². The Bertz CT molecular complexity index is 1070. The minimum absolute atomic E-state index is 0.0234. The molecule has 0 saturated carbocycles. The Hall–Kier alpha value is -1.14. The molecule has 0 aliphatic carbocycles. The van der Waals surface area contributed by atoms with Crippen LogP contribution in [0.4, 0.5) is 0 Å². The van der Waals surface area contributed by atoms with E-state index in [4.69, 9.17) is 4.74 Å². The molecule has 0 fully saturated rings. The zero-order valence-corrected chi connectivity index (χ0v) is 50.6. The minimum Gasteiger partial charge on any atom is -0.466 e. The third-order valence-corrected chi connectivity index (χ3v) is 16.4. The Morgan fingerprint density at radius 3 is 0.824 bits per heavy atom. The second-order valence-corrected chi connectivity index (χ2v) is 23.9. The predicted octanol–water partition coefficient (Wildman–Crippen LogP) is 21.8. The second kappa shape index (κ2) is 64.4. The van der Waals surface area contributed by atoms with E-state index >= 15 is 0 Å². The number of hydrogen-bond acceptors (Lipinski definition) is 5. The lowest BCUT2D eigenvalue weighted by Gasteiger charge is -2.22. The molecule has 2 unspecified atom stereocenters. The van der Waals surface area contributed by atoms with E-state index in [1.807, 2.05) is 0 Å². The maximum atomic E-state index is 12.5. The molecule has 0 aromatic heterocycles. The maximum Gasteiger partial charge on any atom is 0.305 e. The van der Waals surface area contributed by atoms with E-state index in [-0.39, 0.29) is 18.5 Å². The molecule has 2 atom stereocenters. The lowest BCUT2D eigenvalue weighted by atomic mass is 10.0. The third kappa shape index (κ3) is 60.1. The molecular formula is C68H135NO5. The largest absolute Gasteiger partial charge is 0.466 e. The molecule has 0 spiro atoms. The summed E-state index contributed by atoms with van der Waals surface area (Å²) in [7, 11) is 0. The molecule has 0 aromatic carbocycles. The highest BCUT2D eigenvalue weighted by atomic mass is 16.5. The Kier molecular flexibility index (Phi) is 63.4. The Balaban J connectivity index is 3.30. The summed E-state index contributed by atoms with van der Waals surface area (Å²) in [5.41, 5.74) is 0. The highest BCUT2D eigenvalue weighted by Crippen LogP contribution is 2.19. The first-order valence-electron chi connectivity index (χ1n) is 34.3. The van der Waals surface area contributed by atoms with E-state index in [1.165, 1.54) is 327 Å². The van der Waals surface area contributed by atoms with Crippen molar-refractivity contribution in [2.75, 3.05) is 13.2 Å². The van der Waals surface area contributed by atoms with Crippen LogP contribution in [0.15, 0.2) is 0 Å². The quantitative estimate of drug-likeness (QED) is 0.0417. The maximum absolute atomic E-state index is 12.5. The number of unbranched alkanes of at least 4 members (excludes halogenated alkanes) is 54. The van der Waals surface area contributed by atoms with Crippen molar-refractivity contribution in [1.82, 2.24) is 5.32 Å².